The van der Waals surface area contributed by atoms with E-state index in [9.17, 15) is 4.39 Å². The fourth-order valence-corrected chi connectivity index (χ4v) is 1.84. The van der Waals surface area contributed by atoms with Gasteiger partial charge in [-0.1, -0.05) is 0 Å². The molecule has 2 heterocycles. The summed E-state index contributed by atoms with van der Waals surface area (Å²) in [5.74, 6) is -0.266. The van der Waals surface area contributed by atoms with Crippen LogP contribution in [0.5, 0.6) is 0 Å². The third kappa shape index (κ3) is 1.76. The number of hydrogen-bond donors (Lipinski definition) is 0. The Balaban J connectivity index is 2.18. The molecule has 84 valence electrons. The van der Waals surface area contributed by atoms with Gasteiger partial charge in [0.25, 0.3) is 0 Å². The summed E-state index contributed by atoms with van der Waals surface area (Å²) in [6.07, 6.45) is 3.37. The Morgan fingerprint density at radius 3 is 2.59 bits per heavy atom. The third-order valence-electron chi connectivity index (χ3n) is 2.48. The van der Waals surface area contributed by atoms with Gasteiger partial charge in [-0.15, -0.1) is 0 Å². The lowest BCUT2D eigenvalue weighted by atomic mass is 10.2. The number of hydrogen-bond acceptors (Lipinski definition) is 2. The predicted octanol–water partition coefficient (Wildman–Crippen LogP) is 3.19. The highest BCUT2D eigenvalue weighted by Gasteiger charge is 2.06. The second kappa shape index (κ2) is 3.82. The smallest absolute Gasteiger partial charge is 0.208 e. The number of halogens is 2. The third-order valence-corrected chi connectivity index (χ3v) is 2.76. The quantitative estimate of drug-likeness (QED) is 0.618. The van der Waals surface area contributed by atoms with Gasteiger partial charge in [-0.05, 0) is 41.9 Å². The molecule has 0 amide bonds. The van der Waals surface area contributed by atoms with Crippen molar-refractivity contribution >= 4 is 17.2 Å². The van der Waals surface area contributed by atoms with Crippen LogP contribution in [0.1, 0.15) is 0 Å². The molecule has 0 spiro atoms. The summed E-state index contributed by atoms with van der Waals surface area (Å²) in [4.78, 5) is 8.35. The van der Waals surface area contributed by atoms with Gasteiger partial charge in [-0.25, -0.2) is 14.4 Å². The molecule has 5 heteroatoms. The SMILES string of the molecule is Fc1ccc(-c2cn3c(Cl)nccc3n2)cc1. The lowest BCUT2D eigenvalue weighted by Gasteiger charge is -1.94. The highest BCUT2D eigenvalue weighted by atomic mass is 35.5. The van der Waals surface area contributed by atoms with Crippen LogP contribution in [-0.2, 0) is 0 Å². The molecule has 0 atom stereocenters. The van der Waals surface area contributed by atoms with Crippen LogP contribution in [0.3, 0.4) is 0 Å². The maximum absolute atomic E-state index is 12.8. The predicted molar refractivity (Wildman–Crippen MR) is 63.4 cm³/mol. The molecule has 0 aliphatic rings. The van der Waals surface area contributed by atoms with Crippen LogP contribution in [0.15, 0.2) is 42.7 Å². The first-order valence-electron chi connectivity index (χ1n) is 4.99. The first-order valence-corrected chi connectivity index (χ1v) is 5.37. The minimum absolute atomic E-state index is 0.266. The Hall–Kier alpha value is -1.94. The Kier molecular flexibility index (Phi) is 2.30. The topological polar surface area (TPSA) is 30.2 Å². The highest BCUT2D eigenvalue weighted by molar-refractivity contribution is 6.28. The van der Waals surface area contributed by atoms with Crippen molar-refractivity contribution in [3.8, 4) is 11.3 Å². The van der Waals surface area contributed by atoms with Crippen LogP contribution < -0.4 is 0 Å². The van der Waals surface area contributed by atoms with Crippen molar-refractivity contribution in [2.45, 2.75) is 0 Å². The lowest BCUT2D eigenvalue weighted by Crippen LogP contribution is -1.86. The normalized spacial score (nSPS) is 10.9. The molecule has 1 aromatic carbocycles. The maximum Gasteiger partial charge on any atom is 0.208 e. The van der Waals surface area contributed by atoms with Crippen molar-refractivity contribution in [3.05, 3.63) is 53.8 Å². The molecule has 0 fully saturated rings. The largest absolute Gasteiger partial charge is 0.274 e. The molecular formula is C12H7ClFN3. The number of nitrogens with zero attached hydrogens (tertiary/aromatic N) is 3. The molecular weight excluding hydrogens is 241 g/mol. The van der Waals surface area contributed by atoms with Gasteiger partial charge in [0.05, 0.1) is 5.69 Å². The summed E-state index contributed by atoms with van der Waals surface area (Å²) in [6, 6.07) is 7.92. The fourth-order valence-electron chi connectivity index (χ4n) is 1.65. The van der Waals surface area contributed by atoms with E-state index in [2.05, 4.69) is 9.97 Å². The molecule has 0 N–H and O–H groups in total. The average molecular weight is 248 g/mol. The van der Waals surface area contributed by atoms with E-state index < -0.39 is 0 Å². The molecule has 0 unspecified atom stereocenters. The minimum atomic E-state index is -0.266. The number of fused-ring (bicyclic) bond motifs is 1. The van der Waals surface area contributed by atoms with Gasteiger partial charge < -0.3 is 0 Å². The number of aromatic nitrogens is 3. The van der Waals surface area contributed by atoms with Crippen molar-refractivity contribution in [1.82, 2.24) is 14.4 Å². The molecule has 0 saturated heterocycles. The van der Waals surface area contributed by atoms with Crippen LogP contribution in [0, 0.1) is 5.82 Å². The van der Waals surface area contributed by atoms with Gasteiger partial charge in [0.15, 0.2) is 0 Å². The van der Waals surface area contributed by atoms with E-state index in [0.29, 0.717) is 10.9 Å². The van der Waals surface area contributed by atoms with E-state index in [1.165, 1.54) is 12.1 Å². The monoisotopic (exact) mass is 247 g/mol. The van der Waals surface area contributed by atoms with E-state index in [1.807, 2.05) is 0 Å². The zero-order chi connectivity index (χ0) is 11.8. The maximum atomic E-state index is 12.8. The summed E-state index contributed by atoms with van der Waals surface area (Å²) in [5.41, 5.74) is 2.29. The van der Waals surface area contributed by atoms with Gasteiger partial charge in [0.1, 0.15) is 11.5 Å². The van der Waals surface area contributed by atoms with Gasteiger partial charge in [-0.3, -0.25) is 4.40 Å². The standard InChI is InChI=1S/C12H7ClFN3/c13-12-15-6-5-11-16-10(7-17(11)12)8-1-3-9(14)4-2-8/h1-7H. The van der Waals surface area contributed by atoms with E-state index in [4.69, 9.17) is 11.6 Å². The first kappa shape index (κ1) is 10.2. The molecule has 3 rings (SSSR count). The highest BCUT2D eigenvalue weighted by Crippen LogP contribution is 2.20. The molecule has 3 aromatic rings. The first-order chi connectivity index (χ1) is 8.24. The molecule has 0 aliphatic heterocycles. The van der Waals surface area contributed by atoms with E-state index >= 15 is 0 Å². The van der Waals surface area contributed by atoms with Gasteiger partial charge in [0, 0.05) is 18.0 Å². The Labute approximate surface area is 102 Å². The number of benzene rings is 1. The van der Waals surface area contributed by atoms with Crippen LogP contribution in [0.25, 0.3) is 16.9 Å². The molecule has 0 bridgehead atoms. The van der Waals surface area contributed by atoms with Gasteiger partial charge >= 0.3 is 0 Å². The molecule has 2 aromatic heterocycles. The zero-order valence-electron chi connectivity index (χ0n) is 8.64. The van der Waals surface area contributed by atoms with E-state index in [0.717, 1.165) is 11.3 Å². The number of imidazole rings is 1. The summed E-state index contributed by atoms with van der Waals surface area (Å²) in [7, 11) is 0. The summed E-state index contributed by atoms with van der Waals surface area (Å²) >= 11 is 5.93. The molecule has 17 heavy (non-hydrogen) atoms. The molecule has 3 nitrogen and oxygen atoms in total. The Morgan fingerprint density at radius 1 is 1.12 bits per heavy atom. The van der Waals surface area contributed by atoms with Crippen LogP contribution in [0.2, 0.25) is 5.28 Å². The van der Waals surface area contributed by atoms with Crippen molar-refractivity contribution in [3.63, 3.8) is 0 Å². The van der Waals surface area contributed by atoms with E-state index in [-0.39, 0.29) is 5.82 Å². The van der Waals surface area contributed by atoms with Crippen LogP contribution in [0.4, 0.5) is 4.39 Å². The van der Waals surface area contributed by atoms with Crippen LogP contribution >= 0.6 is 11.6 Å². The van der Waals surface area contributed by atoms with Crippen molar-refractivity contribution in [1.29, 1.82) is 0 Å². The minimum Gasteiger partial charge on any atom is -0.274 e. The Bertz CT molecular complexity index is 676. The summed E-state index contributed by atoms with van der Waals surface area (Å²) < 4.78 is 14.5. The van der Waals surface area contributed by atoms with Gasteiger partial charge in [-0.2, -0.15) is 0 Å². The van der Waals surface area contributed by atoms with Gasteiger partial charge in [0.2, 0.25) is 5.28 Å². The second-order valence-corrected chi connectivity index (χ2v) is 3.91. The molecule has 0 aliphatic carbocycles. The molecule has 0 saturated carbocycles. The van der Waals surface area contributed by atoms with Crippen LogP contribution in [-0.4, -0.2) is 14.4 Å². The molecule has 0 radical (unpaired) electrons. The average Bonchev–Trinajstić information content (AvgIpc) is 2.75. The van der Waals surface area contributed by atoms with Crippen molar-refractivity contribution in [2.75, 3.05) is 0 Å². The zero-order valence-corrected chi connectivity index (χ0v) is 9.39. The fraction of sp³-hybridized carbons (Fsp3) is 0. The number of rotatable bonds is 1. The van der Waals surface area contributed by atoms with Crippen molar-refractivity contribution < 1.29 is 4.39 Å². The Morgan fingerprint density at radius 2 is 1.88 bits per heavy atom. The summed E-state index contributed by atoms with van der Waals surface area (Å²) in [5, 5.41) is 0.350. The summed E-state index contributed by atoms with van der Waals surface area (Å²) in [6.45, 7) is 0. The second-order valence-electron chi connectivity index (χ2n) is 3.58. The van der Waals surface area contributed by atoms with Crippen molar-refractivity contribution in [2.24, 2.45) is 0 Å². The lowest BCUT2D eigenvalue weighted by molar-refractivity contribution is 0.628. The van der Waals surface area contributed by atoms with E-state index in [1.54, 1.807) is 35.0 Å².